The maximum atomic E-state index is 13.1. The van der Waals surface area contributed by atoms with Crippen LogP contribution >= 0.6 is 0 Å². The lowest BCUT2D eigenvalue weighted by Crippen LogP contribution is -2.36. The van der Waals surface area contributed by atoms with Crippen molar-refractivity contribution < 1.29 is 19.1 Å². The molecule has 1 heterocycles. The van der Waals surface area contributed by atoms with Crippen molar-refractivity contribution in [1.29, 1.82) is 0 Å². The van der Waals surface area contributed by atoms with Gasteiger partial charge in [-0.15, -0.1) is 0 Å². The van der Waals surface area contributed by atoms with E-state index in [0.29, 0.717) is 19.4 Å². The molecule has 0 unspecified atom stereocenters. The number of hydrogen-bond donors (Lipinski definition) is 0. The molecule has 0 N–H and O–H groups in total. The molecule has 0 saturated carbocycles. The minimum Gasteiger partial charge on any atom is -0.456 e. The Morgan fingerprint density at radius 3 is 2.44 bits per heavy atom. The quantitative estimate of drug-likeness (QED) is 0.615. The molecule has 2 aromatic carbocycles. The molecule has 140 valence electrons. The van der Waals surface area contributed by atoms with E-state index < -0.39 is 11.6 Å². The third-order valence-electron chi connectivity index (χ3n) is 4.46. The van der Waals surface area contributed by atoms with Crippen molar-refractivity contribution in [2.24, 2.45) is 0 Å². The van der Waals surface area contributed by atoms with Crippen LogP contribution < -0.4 is 0 Å². The van der Waals surface area contributed by atoms with Gasteiger partial charge in [0.05, 0.1) is 11.1 Å². The number of carbonyl (C=O) groups excluding carboxylic acids is 3. The molecule has 0 saturated heterocycles. The van der Waals surface area contributed by atoms with Gasteiger partial charge in [-0.25, -0.2) is 4.79 Å². The monoisotopic (exact) mass is 365 g/mol. The molecule has 0 radical (unpaired) electrons. The molecule has 1 aliphatic heterocycles. The molecule has 0 spiro atoms. The summed E-state index contributed by atoms with van der Waals surface area (Å²) in [5.74, 6) is -0.769. The average molecular weight is 365 g/mol. The maximum absolute atomic E-state index is 13.1. The van der Waals surface area contributed by atoms with Gasteiger partial charge in [-0.2, -0.15) is 0 Å². The fraction of sp³-hybridized carbons (Fsp3) is 0.318. The van der Waals surface area contributed by atoms with Crippen molar-refractivity contribution >= 4 is 18.2 Å². The number of fused-ring (bicyclic) bond motifs is 1. The molecule has 5 heteroatoms. The zero-order valence-corrected chi connectivity index (χ0v) is 15.8. The SMILES string of the molecule is CC(C)(C)OC(=O)c1ccc(C=O)c(C(=O)N2CCc3ccccc3C2)c1. The molecule has 1 amide bonds. The van der Waals surface area contributed by atoms with E-state index in [1.807, 2.05) is 18.2 Å². The Labute approximate surface area is 158 Å². The summed E-state index contributed by atoms with van der Waals surface area (Å²) in [6, 6.07) is 12.5. The first-order chi connectivity index (χ1) is 12.8. The van der Waals surface area contributed by atoms with E-state index in [0.717, 1.165) is 12.0 Å². The number of esters is 1. The van der Waals surface area contributed by atoms with Crippen LogP contribution in [-0.2, 0) is 17.7 Å². The Hall–Kier alpha value is -2.95. The Bertz CT molecular complexity index is 895. The highest BCUT2D eigenvalue weighted by molar-refractivity contribution is 6.04. The molecule has 1 aliphatic rings. The van der Waals surface area contributed by atoms with E-state index in [-0.39, 0.29) is 22.6 Å². The third kappa shape index (κ3) is 4.25. The van der Waals surface area contributed by atoms with Gasteiger partial charge in [0.2, 0.25) is 0 Å². The summed E-state index contributed by atoms with van der Waals surface area (Å²) < 4.78 is 5.37. The minimum absolute atomic E-state index is 0.229. The second kappa shape index (κ2) is 7.35. The van der Waals surface area contributed by atoms with Crippen LogP contribution in [0.15, 0.2) is 42.5 Å². The molecule has 0 atom stereocenters. The zero-order valence-electron chi connectivity index (χ0n) is 15.8. The number of ether oxygens (including phenoxy) is 1. The highest BCUT2D eigenvalue weighted by atomic mass is 16.6. The summed E-state index contributed by atoms with van der Waals surface area (Å²) in [7, 11) is 0. The lowest BCUT2D eigenvalue weighted by molar-refractivity contribution is 0.00693. The Morgan fingerprint density at radius 1 is 1.07 bits per heavy atom. The number of amides is 1. The fourth-order valence-electron chi connectivity index (χ4n) is 3.15. The minimum atomic E-state index is -0.638. The first kappa shape index (κ1) is 18.8. The van der Waals surface area contributed by atoms with E-state index in [9.17, 15) is 14.4 Å². The normalized spacial score (nSPS) is 13.7. The van der Waals surface area contributed by atoms with Crippen molar-refractivity contribution in [3.05, 3.63) is 70.3 Å². The second-order valence-corrected chi connectivity index (χ2v) is 7.67. The summed E-state index contributed by atoms with van der Waals surface area (Å²) in [6.07, 6.45) is 1.41. The van der Waals surface area contributed by atoms with E-state index in [1.165, 1.54) is 23.8 Å². The van der Waals surface area contributed by atoms with Gasteiger partial charge in [0.15, 0.2) is 6.29 Å². The van der Waals surface area contributed by atoms with E-state index in [1.54, 1.807) is 25.7 Å². The van der Waals surface area contributed by atoms with Crippen LogP contribution in [0.2, 0.25) is 0 Å². The lowest BCUT2D eigenvalue weighted by Gasteiger charge is -2.29. The smallest absolute Gasteiger partial charge is 0.338 e. The standard InChI is InChI=1S/C22H23NO4/c1-22(2,3)27-21(26)16-8-9-18(14-24)19(12-16)20(25)23-11-10-15-6-4-5-7-17(15)13-23/h4-9,12,14H,10-11,13H2,1-3H3. The molecule has 27 heavy (non-hydrogen) atoms. The van der Waals surface area contributed by atoms with Gasteiger partial charge in [-0.05, 0) is 50.5 Å². The molecule has 0 aromatic heterocycles. The van der Waals surface area contributed by atoms with Gasteiger partial charge in [-0.1, -0.05) is 30.3 Å². The van der Waals surface area contributed by atoms with Crippen LogP contribution in [-0.4, -0.2) is 35.2 Å². The molecule has 0 fully saturated rings. The predicted octanol–water partition coefficient (Wildman–Crippen LogP) is 3.65. The summed E-state index contributed by atoms with van der Waals surface area (Å²) in [4.78, 5) is 38.6. The van der Waals surface area contributed by atoms with Crippen LogP contribution in [0.5, 0.6) is 0 Å². The van der Waals surface area contributed by atoms with Gasteiger partial charge in [0, 0.05) is 18.7 Å². The molecule has 5 nitrogen and oxygen atoms in total. The molecular weight excluding hydrogens is 342 g/mol. The molecule has 0 aliphatic carbocycles. The third-order valence-corrected chi connectivity index (χ3v) is 4.46. The molecule has 0 bridgehead atoms. The first-order valence-electron chi connectivity index (χ1n) is 8.97. The Morgan fingerprint density at radius 2 is 1.78 bits per heavy atom. The summed E-state index contributed by atoms with van der Waals surface area (Å²) >= 11 is 0. The first-order valence-corrected chi connectivity index (χ1v) is 8.97. The maximum Gasteiger partial charge on any atom is 0.338 e. The van der Waals surface area contributed by atoms with Crippen LogP contribution in [0.25, 0.3) is 0 Å². The van der Waals surface area contributed by atoms with Gasteiger partial charge >= 0.3 is 5.97 Å². The summed E-state index contributed by atoms with van der Waals surface area (Å²) in [6.45, 7) is 6.40. The highest BCUT2D eigenvalue weighted by Gasteiger charge is 2.25. The number of hydrogen-bond acceptors (Lipinski definition) is 4. The lowest BCUT2D eigenvalue weighted by atomic mass is 9.98. The number of nitrogens with zero attached hydrogens (tertiary/aromatic N) is 1. The van der Waals surface area contributed by atoms with Crippen molar-refractivity contribution in [2.75, 3.05) is 6.54 Å². The van der Waals surface area contributed by atoms with Crippen molar-refractivity contribution in [2.45, 2.75) is 39.3 Å². The van der Waals surface area contributed by atoms with Gasteiger partial charge in [-0.3, -0.25) is 9.59 Å². The summed E-state index contributed by atoms with van der Waals surface area (Å²) in [5, 5.41) is 0. The van der Waals surface area contributed by atoms with E-state index in [4.69, 9.17) is 4.74 Å². The van der Waals surface area contributed by atoms with Gasteiger partial charge < -0.3 is 9.64 Å². The van der Waals surface area contributed by atoms with Crippen LogP contribution in [0.4, 0.5) is 0 Å². The molecule has 3 rings (SSSR count). The number of rotatable bonds is 3. The largest absolute Gasteiger partial charge is 0.456 e. The number of aldehydes is 1. The Balaban J connectivity index is 1.89. The average Bonchev–Trinajstić information content (AvgIpc) is 2.65. The Kier molecular flexibility index (Phi) is 5.13. The van der Waals surface area contributed by atoms with E-state index >= 15 is 0 Å². The molecular formula is C22H23NO4. The topological polar surface area (TPSA) is 63.7 Å². The van der Waals surface area contributed by atoms with E-state index in [2.05, 4.69) is 6.07 Å². The number of carbonyl (C=O) groups is 3. The predicted molar refractivity (Wildman–Crippen MR) is 102 cm³/mol. The molecule has 2 aromatic rings. The van der Waals surface area contributed by atoms with Crippen LogP contribution in [0, 0.1) is 0 Å². The number of benzene rings is 2. The van der Waals surface area contributed by atoms with Crippen LogP contribution in [0.1, 0.15) is 63.0 Å². The fourth-order valence-corrected chi connectivity index (χ4v) is 3.15. The van der Waals surface area contributed by atoms with Gasteiger partial charge in [0.25, 0.3) is 5.91 Å². The zero-order chi connectivity index (χ0) is 19.6. The van der Waals surface area contributed by atoms with Crippen molar-refractivity contribution in [3.63, 3.8) is 0 Å². The van der Waals surface area contributed by atoms with Crippen molar-refractivity contribution in [1.82, 2.24) is 4.90 Å². The van der Waals surface area contributed by atoms with Gasteiger partial charge in [0.1, 0.15) is 5.60 Å². The second-order valence-electron chi connectivity index (χ2n) is 7.67. The highest BCUT2D eigenvalue weighted by Crippen LogP contribution is 2.22. The summed E-state index contributed by atoms with van der Waals surface area (Å²) in [5.41, 5.74) is 2.46. The van der Waals surface area contributed by atoms with Crippen LogP contribution in [0.3, 0.4) is 0 Å². The van der Waals surface area contributed by atoms with Crippen molar-refractivity contribution in [3.8, 4) is 0 Å².